The lowest BCUT2D eigenvalue weighted by atomic mass is 10.0. The summed E-state index contributed by atoms with van der Waals surface area (Å²) in [5, 5.41) is 2.73. The van der Waals surface area contributed by atoms with E-state index in [2.05, 4.69) is 5.32 Å². The van der Waals surface area contributed by atoms with Crippen molar-refractivity contribution in [3.8, 4) is 11.1 Å². The number of hydrogen-bond donors (Lipinski definition) is 1. The molecule has 1 atom stereocenters. The summed E-state index contributed by atoms with van der Waals surface area (Å²) in [6.45, 7) is 1.25. The monoisotopic (exact) mass is 428 g/mol. The number of nitrogens with zero attached hydrogens (tertiary/aromatic N) is 1. The van der Waals surface area contributed by atoms with Crippen LogP contribution in [0.1, 0.15) is 18.5 Å². The number of amides is 1. The Kier molecular flexibility index (Phi) is 5.03. The Hall–Kier alpha value is -3.26. The van der Waals surface area contributed by atoms with Crippen LogP contribution >= 0.6 is 0 Å². The van der Waals surface area contributed by atoms with Gasteiger partial charge in [-0.25, -0.2) is 17.2 Å². The predicted octanol–water partition coefficient (Wildman–Crippen LogP) is 4.02. The van der Waals surface area contributed by atoms with Gasteiger partial charge < -0.3 is 5.32 Å². The molecule has 30 heavy (non-hydrogen) atoms. The molecule has 0 fully saturated rings. The average molecular weight is 428 g/mol. The first-order valence-corrected chi connectivity index (χ1v) is 10.7. The largest absolute Gasteiger partial charge is 0.348 e. The van der Waals surface area contributed by atoms with Gasteiger partial charge in [0.25, 0.3) is 10.0 Å². The standard InChI is InChI=1S/C22H18F2N2O3S/c1-14(15-6-8-16(23)9-7-15)25-22(27)13-26-20-11-10-17(24)12-19(20)18-4-2-3-5-21(18)30(26,28)29/h2-12,14H,13H2,1H3,(H,25,27)/t14-/m0/s1. The van der Waals surface area contributed by atoms with Crippen LogP contribution in [0.4, 0.5) is 14.5 Å². The molecular weight excluding hydrogens is 410 g/mol. The molecule has 3 aromatic carbocycles. The van der Waals surface area contributed by atoms with Crippen LogP contribution < -0.4 is 9.62 Å². The molecule has 154 valence electrons. The van der Waals surface area contributed by atoms with E-state index in [1.807, 2.05) is 0 Å². The first-order valence-electron chi connectivity index (χ1n) is 9.24. The van der Waals surface area contributed by atoms with Crippen molar-refractivity contribution in [2.75, 3.05) is 10.8 Å². The lowest BCUT2D eigenvalue weighted by Crippen LogP contribution is -2.43. The van der Waals surface area contributed by atoms with Gasteiger partial charge >= 0.3 is 0 Å². The molecule has 0 spiro atoms. The topological polar surface area (TPSA) is 66.5 Å². The molecule has 1 aliphatic rings. The average Bonchev–Trinajstić information content (AvgIpc) is 2.72. The molecule has 8 heteroatoms. The zero-order valence-electron chi connectivity index (χ0n) is 16.0. The molecule has 4 rings (SSSR count). The first kappa shape index (κ1) is 20.0. The maximum absolute atomic E-state index is 13.9. The van der Waals surface area contributed by atoms with Crippen molar-refractivity contribution in [1.29, 1.82) is 0 Å². The van der Waals surface area contributed by atoms with E-state index < -0.39 is 34.3 Å². The van der Waals surface area contributed by atoms with Crippen molar-refractivity contribution in [2.24, 2.45) is 0 Å². The number of rotatable bonds is 4. The van der Waals surface area contributed by atoms with Crippen molar-refractivity contribution in [3.63, 3.8) is 0 Å². The molecule has 0 saturated heterocycles. The Morgan fingerprint density at radius 1 is 0.967 bits per heavy atom. The number of benzene rings is 3. The van der Waals surface area contributed by atoms with Gasteiger partial charge in [-0.15, -0.1) is 0 Å². The van der Waals surface area contributed by atoms with Gasteiger partial charge in [-0.05, 0) is 48.9 Å². The van der Waals surface area contributed by atoms with Gasteiger partial charge in [0.15, 0.2) is 0 Å². The van der Waals surface area contributed by atoms with Gasteiger partial charge in [-0.2, -0.15) is 0 Å². The van der Waals surface area contributed by atoms with E-state index in [-0.39, 0.29) is 16.4 Å². The molecule has 0 aliphatic carbocycles. The van der Waals surface area contributed by atoms with Crippen LogP contribution in [-0.2, 0) is 14.8 Å². The number of carbonyl (C=O) groups excluding carboxylic acids is 1. The van der Waals surface area contributed by atoms with Crippen LogP contribution in [0.3, 0.4) is 0 Å². The second-order valence-electron chi connectivity index (χ2n) is 7.01. The smallest absolute Gasteiger partial charge is 0.265 e. The molecule has 3 aromatic rings. The third-order valence-corrected chi connectivity index (χ3v) is 6.83. The zero-order valence-corrected chi connectivity index (χ0v) is 16.8. The maximum Gasteiger partial charge on any atom is 0.265 e. The van der Waals surface area contributed by atoms with Crippen LogP contribution in [0.25, 0.3) is 11.1 Å². The van der Waals surface area contributed by atoms with Crippen molar-refractivity contribution < 1.29 is 22.0 Å². The van der Waals surface area contributed by atoms with Crippen molar-refractivity contribution in [2.45, 2.75) is 17.9 Å². The molecule has 1 aliphatic heterocycles. The Balaban J connectivity index is 1.65. The minimum atomic E-state index is -4.01. The van der Waals surface area contributed by atoms with Crippen LogP contribution in [0.2, 0.25) is 0 Å². The molecule has 1 N–H and O–H groups in total. The summed E-state index contributed by atoms with van der Waals surface area (Å²) in [6, 6.07) is 15.3. The summed E-state index contributed by atoms with van der Waals surface area (Å²) in [6.07, 6.45) is 0. The summed E-state index contributed by atoms with van der Waals surface area (Å²) in [7, 11) is -4.01. The van der Waals surface area contributed by atoms with Gasteiger partial charge in [-0.3, -0.25) is 9.10 Å². The SMILES string of the molecule is C[C@H](NC(=O)CN1c2ccc(F)cc2-c2ccccc2S1(=O)=O)c1ccc(F)cc1. The van der Waals surface area contributed by atoms with Crippen molar-refractivity contribution in [3.05, 3.63) is 83.9 Å². The number of carbonyl (C=O) groups is 1. The Morgan fingerprint density at radius 2 is 1.63 bits per heavy atom. The molecule has 0 bridgehead atoms. The second kappa shape index (κ2) is 7.53. The van der Waals surface area contributed by atoms with E-state index in [1.54, 1.807) is 37.3 Å². The third-order valence-electron chi connectivity index (χ3n) is 5.01. The predicted molar refractivity (Wildman–Crippen MR) is 109 cm³/mol. The highest BCUT2D eigenvalue weighted by Crippen LogP contribution is 2.43. The molecular formula is C22H18F2N2O3S. The number of hydrogen-bond acceptors (Lipinski definition) is 3. The Bertz CT molecular complexity index is 1230. The highest BCUT2D eigenvalue weighted by Gasteiger charge is 2.36. The summed E-state index contributed by atoms with van der Waals surface area (Å²) in [5.41, 5.74) is 1.71. The fourth-order valence-electron chi connectivity index (χ4n) is 3.53. The van der Waals surface area contributed by atoms with Gasteiger partial charge in [0.1, 0.15) is 18.2 Å². The number of nitrogens with one attached hydrogen (secondary N) is 1. The fraction of sp³-hybridized carbons (Fsp3) is 0.136. The van der Waals surface area contributed by atoms with Crippen LogP contribution in [0, 0.1) is 11.6 Å². The Morgan fingerprint density at radius 3 is 2.37 bits per heavy atom. The van der Waals surface area contributed by atoms with Crippen LogP contribution in [-0.4, -0.2) is 20.9 Å². The van der Waals surface area contributed by atoms with Crippen LogP contribution in [0.15, 0.2) is 71.6 Å². The third kappa shape index (κ3) is 3.54. The fourth-order valence-corrected chi connectivity index (χ4v) is 5.18. The van der Waals surface area contributed by atoms with Gasteiger partial charge in [0, 0.05) is 11.1 Å². The molecule has 1 amide bonds. The first-order chi connectivity index (χ1) is 14.3. The Labute approximate surface area is 173 Å². The number of fused-ring (bicyclic) bond motifs is 3. The highest BCUT2D eigenvalue weighted by atomic mass is 32.2. The number of anilines is 1. The molecule has 0 saturated carbocycles. The molecule has 0 aromatic heterocycles. The lowest BCUT2D eigenvalue weighted by molar-refractivity contribution is -0.120. The second-order valence-corrected chi connectivity index (χ2v) is 8.84. The normalized spacial score (nSPS) is 15.1. The maximum atomic E-state index is 13.9. The van der Waals surface area contributed by atoms with Crippen LogP contribution in [0.5, 0.6) is 0 Å². The molecule has 1 heterocycles. The lowest BCUT2D eigenvalue weighted by Gasteiger charge is -2.32. The molecule has 0 unspecified atom stereocenters. The summed E-state index contributed by atoms with van der Waals surface area (Å²) in [4.78, 5) is 12.7. The van der Waals surface area contributed by atoms with Crippen molar-refractivity contribution in [1.82, 2.24) is 5.32 Å². The van der Waals surface area contributed by atoms with E-state index >= 15 is 0 Å². The minimum Gasteiger partial charge on any atom is -0.348 e. The van der Waals surface area contributed by atoms with Gasteiger partial charge in [-0.1, -0.05) is 30.3 Å². The van der Waals surface area contributed by atoms with Gasteiger partial charge in [0.05, 0.1) is 16.6 Å². The number of sulfonamides is 1. The summed E-state index contributed by atoms with van der Waals surface area (Å²) >= 11 is 0. The minimum absolute atomic E-state index is 0.0162. The summed E-state index contributed by atoms with van der Waals surface area (Å²) in [5.74, 6) is -1.43. The van der Waals surface area contributed by atoms with E-state index in [9.17, 15) is 22.0 Å². The van der Waals surface area contributed by atoms with E-state index in [0.717, 1.165) is 10.4 Å². The number of halogens is 2. The quantitative estimate of drug-likeness (QED) is 0.683. The van der Waals surface area contributed by atoms with E-state index in [4.69, 9.17) is 0 Å². The van der Waals surface area contributed by atoms with E-state index in [0.29, 0.717) is 16.7 Å². The molecule has 5 nitrogen and oxygen atoms in total. The zero-order chi connectivity index (χ0) is 21.5. The van der Waals surface area contributed by atoms with Gasteiger partial charge in [0.2, 0.25) is 5.91 Å². The molecule has 0 radical (unpaired) electrons. The van der Waals surface area contributed by atoms with E-state index in [1.165, 1.54) is 30.3 Å². The summed E-state index contributed by atoms with van der Waals surface area (Å²) < 4.78 is 54.4. The highest BCUT2D eigenvalue weighted by molar-refractivity contribution is 7.93. The van der Waals surface area contributed by atoms with Crippen molar-refractivity contribution >= 4 is 21.6 Å².